The first-order valence-corrected chi connectivity index (χ1v) is 12.0. The first kappa shape index (κ1) is 20.9. The van der Waals surface area contributed by atoms with E-state index < -0.39 is 39.4 Å². The molecule has 0 radical (unpaired) electrons. The summed E-state index contributed by atoms with van der Waals surface area (Å²) in [7, 11) is 0. The van der Waals surface area contributed by atoms with Crippen molar-refractivity contribution in [2.75, 3.05) is 0 Å². The molecule has 0 spiro atoms. The third-order valence-corrected chi connectivity index (χ3v) is 9.67. The van der Waals surface area contributed by atoms with Gasteiger partial charge in [-0.25, -0.2) is 0 Å². The van der Waals surface area contributed by atoms with Crippen molar-refractivity contribution in [1.29, 1.82) is 0 Å². The Labute approximate surface area is 185 Å². The van der Waals surface area contributed by atoms with Crippen LogP contribution in [0.4, 0.5) is 13.2 Å². The van der Waals surface area contributed by atoms with Gasteiger partial charge in [-0.3, -0.25) is 9.59 Å². The largest absolute Gasteiger partial charge is 0.457 e. The van der Waals surface area contributed by atoms with E-state index in [1.807, 2.05) is 6.92 Å². The highest BCUT2D eigenvalue weighted by molar-refractivity contribution is 9.10. The van der Waals surface area contributed by atoms with Gasteiger partial charge in [0, 0.05) is 16.5 Å². The fourth-order valence-electron chi connectivity index (χ4n) is 6.55. The van der Waals surface area contributed by atoms with Crippen molar-refractivity contribution < 1.29 is 27.5 Å². The van der Waals surface area contributed by atoms with Crippen molar-refractivity contribution in [2.24, 2.45) is 23.7 Å². The molecule has 4 fully saturated rings. The van der Waals surface area contributed by atoms with E-state index in [1.165, 1.54) is 12.5 Å². The SMILES string of the molecule is CC1(OC(=O)C2(SC(F)(F)F)Cc3c(Br)cccc3C2=O)C2CC3CC(C2)CC1C3. The van der Waals surface area contributed by atoms with E-state index in [9.17, 15) is 22.8 Å². The number of carbonyl (C=O) groups is 2. The second-order valence-electron chi connectivity index (χ2n) is 9.52. The van der Waals surface area contributed by atoms with E-state index in [1.54, 1.807) is 12.1 Å². The molecule has 6 rings (SSSR count). The van der Waals surface area contributed by atoms with Gasteiger partial charge in [-0.05, 0) is 86.1 Å². The Morgan fingerprint density at radius 2 is 1.73 bits per heavy atom. The molecular formula is C22H22BrF3O3S. The van der Waals surface area contributed by atoms with Crippen LogP contribution in [0.5, 0.6) is 0 Å². The Morgan fingerprint density at radius 3 is 2.27 bits per heavy atom. The number of benzene rings is 1. The molecule has 1 unspecified atom stereocenters. The van der Waals surface area contributed by atoms with Gasteiger partial charge in [0.2, 0.25) is 0 Å². The molecule has 8 heteroatoms. The molecule has 162 valence electrons. The van der Waals surface area contributed by atoms with Crippen LogP contribution < -0.4 is 0 Å². The standard InChI is InChI=1S/C22H22BrF3O3S/c1-20(13-6-11-5-12(8-13)9-14(20)7-11)29-19(28)21(30-22(24,25)26)10-16-15(18(21)27)3-2-4-17(16)23/h2-4,11-14H,5-10H2,1H3. The second kappa shape index (κ2) is 6.74. The molecule has 4 saturated carbocycles. The van der Waals surface area contributed by atoms with Gasteiger partial charge < -0.3 is 4.74 Å². The fourth-order valence-corrected chi connectivity index (χ4v) is 8.00. The summed E-state index contributed by atoms with van der Waals surface area (Å²) in [6, 6.07) is 4.75. The fraction of sp³-hybridized carbons (Fsp3) is 0.636. The topological polar surface area (TPSA) is 43.4 Å². The summed E-state index contributed by atoms with van der Waals surface area (Å²) in [6.45, 7) is 1.88. The number of ether oxygens (including phenoxy) is 1. The van der Waals surface area contributed by atoms with Gasteiger partial charge in [0.05, 0.1) is 0 Å². The number of hydrogen-bond donors (Lipinski definition) is 0. The van der Waals surface area contributed by atoms with Gasteiger partial charge in [0.25, 0.3) is 0 Å². The highest BCUT2D eigenvalue weighted by Crippen LogP contribution is 2.60. The monoisotopic (exact) mass is 502 g/mol. The maximum Gasteiger partial charge on any atom is 0.443 e. The average molecular weight is 503 g/mol. The molecule has 1 aromatic carbocycles. The molecule has 5 aliphatic rings. The van der Waals surface area contributed by atoms with Crippen molar-refractivity contribution >= 4 is 39.4 Å². The van der Waals surface area contributed by atoms with Gasteiger partial charge in [-0.2, -0.15) is 13.2 Å². The van der Waals surface area contributed by atoms with E-state index in [2.05, 4.69) is 15.9 Å². The molecule has 4 bridgehead atoms. The molecule has 1 atom stereocenters. The minimum absolute atomic E-state index is 0.160. The summed E-state index contributed by atoms with van der Waals surface area (Å²) in [6.07, 6.45) is 4.71. The molecule has 0 N–H and O–H groups in total. The van der Waals surface area contributed by atoms with Crippen LogP contribution in [0.1, 0.15) is 54.9 Å². The lowest BCUT2D eigenvalue weighted by molar-refractivity contribution is -0.204. The number of fused-ring (bicyclic) bond motifs is 1. The van der Waals surface area contributed by atoms with Crippen LogP contribution >= 0.6 is 27.7 Å². The van der Waals surface area contributed by atoms with E-state index in [-0.39, 0.29) is 23.8 Å². The van der Waals surface area contributed by atoms with Crippen LogP contribution in [0, 0.1) is 23.7 Å². The van der Waals surface area contributed by atoms with Crippen molar-refractivity contribution in [3.05, 3.63) is 33.8 Å². The molecule has 0 heterocycles. The van der Waals surface area contributed by atoms with Crippen molar-refractivity contribution in [1.82, 2.24) is 0 Å². The number of ketones is 1. The zero-order chi connectivity index (χ0) is 21.5. The lowest BCUT2D eigenvalue weighted by atomic mass is 9.50. The normalized spacial score (nSPS) is 39.3. The highest BCUT2D eigenvalue weighted by atomic mass is 79.9. The number of alkyl halides is 3. The molecule has 0 aromatic heterocycles. The zero-order valence-corrected chi connectivity index (χ0v) is 18.8. The smallest absolute Gasteiger partial charge is 0.443 e. The van der Waals surface area contributed by atoms with E-state index in [0.717, 1.165) is 25.7 Å². The maximum atomic E-state index is 13.6. The Hall–Kier alpha value is -1.02. The zero-order valence-electron chi connectivity index (χ0n) is 16.4. The molecule has 0 saturated heterocycles. The number of hydrogen-bond acceptors (Lipinski definition) is 4. The Morgan fingerprint density at radius 1 is 1.13 bits per heavy atom. The Bertz CT molecular complexity index is 903. The molecule has 5 aliphatic carbocycles. The molecule has 0 amide bonds. The van der Waals surface area contributed by atoms with Crippen LogP contribution in [0.2, 0.25) is 0 Å². The third-order valence-electron chi connectivity index (χ3n) is 7.85. The minimum atomic E-state index is -4.74. The van der Waals surface area contributed by atoms with Gasteiger partial charge in [0.15, 0.2) is 10.5 Å². The summed E-state index contributed by atoms with van der Waals surface area (Å²) in [4.78, 5) is 26.7. The summed E-state index contributed by atoms with van der Waals surface area (Å²) in [5.41, 5.74) is -4.94. The van der Waals surface area contributed by atoms with Gasteiger partial charge >= 0.3 is 11.5 Å². The van der Waals surface area contributed by atoms with Crippen molar-refractivity contribution in [3.8, 4) is 0 Å². The van der Waals surface area contributed by atoms with Crippen LogP contribution in [0.15, 0.2) is 22.7 Å². The van der Waals surface area contributed by atoms with E-state index in [4.69, 9.17) is 4.74 Å². The van der Waals surface area contributed by atoms with Gasteiger partial charge in [0.1, 0.15) is 5.60 Å². The van der Waals surface area contributed by atoms with Crippen LogP contribution in [0.3, 0.4) is 0 Å². The summed E-state index contributed by atoms with van der Waals surface area (Å²) >= 11 is 2.79. The maximum absolute atomic E-state index is 13.6. The Kier molecular flexibility index (Phi) is 4.68. The first-order valence-electron chi connectivity index (χ1n) is 10.3. The highest BCUT2D eigenvalue weighted by Gasteiger charge is 2.63. The van der Waals surface area contributed by atoms with Crippen LogP contribution in [-0.2, 0) is 16.0 Å². The second-order valence-corrected chi connectivity index (χ2v) is 11.7. The number of Topliss-reactive ketones (excluding diaryl/α,β-unsaturated/α-hetero) is 1. The average Bonchev–Trinajstić information content (AvgIpc) is 2.93. The number of rotatable bonds is 3. The van der Waals surface area contributed by atoms with Crippen molar-refractivity contribution in [3.63, 3.8) is 0 Å². The lowest BCUT2D eigenvalue weighted by Gasteiger charge is -2.59. The summed E-state index contributed by atoms with van der Waals surface area (Å²) in [5.74, 6) is -0.254. The number of esters is 1. The van der Waals surface area contributed by atoms with E-state index in [0.29, 0.717) is 21.9 Å². The number of thioether (sulfide) groups is 1. The quantitative estimate of drug-likeness (QED) is 0.379. The molecule has 0 aliphatic heterocycles. The predicted octanol–water partition coefficient (Wildman–Crippen LogP) is 5.94. The molecular weight excluding hydrogens is 481 g/mol. The van der Waals surface area contributed by atoms with Crippen molar-refractivity contribution in [2.45, 2.75) is 61.3 Å². The van der Waals surface area contributed by atoms with Gasteiger partial charge in [-0.1, -0.05) is 28.1 Å². The molecule has 1 aromatic rings. The molecule has 30 heavy (non-hydrogen) atoms. The Balaban J connectivity index is 1.50. The summed E-state index contributed by atoms with van der Waals surface area (Å²) in [5, 5.41) is 0. The predicted molar refractivity (Wildman–Crippen MR) is 110 cm³/mol. The molecule has 3 nitrogen and oxygen atoms in total. The minimum Gasteiger partial charge on any atom is -0.457 e. The number of halogens is 4. The van der Waals surface area contributed by atoms with E-state index >= 15 is 0 Å². The lowest BCUT2D eigenvalue weighted by Crippen LogP contribution is -2.60. The van der Waals surface area contributed by atoms with Crippen LogP contribution in [-0.4, -0.2) is 27.6 Å². The van der Waals surface area contributed by atoms with Gasteiger partial charge in [-0.15, -0.1) is 0 Å². The number of carbonyl (C=O) groups excluding carboxylic acids is 2. The first-order chi connectivity index (χ1) is 14.0. The summed E-state index contributed by atoms with van der Waals surface area (Å²) < 4.78 is 44.9. The third kappa shape index (κ3) is 3.07. The van der Waals surface area contributed by atoms with Crippen LogP contribution in [0.25, 0.3) is 0 Å².